The van der Waals surface area contributed by atoms with Crippen LogP contribution in [0.4, 0.5) is 0 Å². The molecule has 4 heterocycles. The largest absolute Gasteiger partial charge is 0.459 e. The van der Waals surface area contributed by atoms with Crippen LogP contribution in [0.3, 0.4) is 0 Å². The number of furan rings is 1. The molecule has 3 aromatic rings. The predicted molar refractivity (Wildman–Crippen MR) is 120 cm³/mol. The topological polar surface area (TPSA) is 84.5 Å². The Morgan fingerprint density at radius 3 is 2.47 bits per heavy atom. The first-order valence-corrected chi connectivity index (χ1v) is 11.6. The second-order valence-electron chi connectivity index (χ2n) is 8.79. The van der Waals surface area contributed by atoms with Crippen LogP contribution in [-0.4, -0.2) is 62.6 Å². The van der Waals surface area contributed by atoms with E-state index < -0.39 is 0 Å². The van der Waals surface area contributed by atoms with E-state index in [1.165, 1.54) is 6.26 Å². The lowest BCUT2D eigenvalue weighted by Crippen LogP contribution is -2.50. The van der Waals surface area contributed by atoms with Gasteiger partial charge in [0.25, 0.3) is 11.8 Å². The number of aromatic nitrogens is 3. The van der Waals surface area contributed by atoms with Crippen LogP contribution < -0.4 is 0 Å². The number of pyridine rings is 1. The van der Waals surface area contributed by atoms with Crippen molar-refractivity contribution in [1.29, 1.82) is 0 Å². The van der Waals surface area contributed by atoms with Crippen LogP contribution in [-0.2, 0) is 6.54 Å². The number of hydrogen-bond donors (Lipinski definition) is 0. The standard InChI is InChI=1S/C24H29N5O3/c1-3-4-9-29-22-21(16(2)26-29)18(15-19(25-22)17-7-8-17)23(30)27-10-12-28(13-11-27)24(31)20-6-5-14-32-20/h5-6,14-15,17H,3-4,7-13H2,1-2H3. The summed E-state index contributed by atoms with van der Waals surface area (Å²) in [4.78, 5) is 34.7. The monoisotopic (exact) mass is 435 g/mol. The Hall–Kier alpha value is -3.16. The summed E-state index contributed by atoms with van der Waals surface area (Å²) >= 11 is 0. The molecule has 0 N–H and O–H groups in total. The molecule has 0 aromatic carbocycles. The third-order valence-corrected chi connectivity index (χ3v) is 6.43. The van der Waals surface area contributed by atoms with Gasteiger partial charge in [0.2, 0.25) is 0 Å². The zero-order valence-corrected chi connectivity index (χ0v) is 18.7. The van der Waals surface area contributed by atoms with Crippen molar-refractivity contribution in [3.05, 3.63) is 47.2 Å². The first-order valence-electron chi connectivity index (χ1n) is 11.6. The highest BCUT2D eigenvalue weighted by Crippen LogP contribution is 2.40. The molecule has 5 rings (SSSR count). The molecule has 0 atom stereocenters. The molecule has 168 valence electrons. The van der Waals surface area contributed by atoms with E-state index in [1.807, 2.05) is 22.6 Å². The van der Waals surface area contributed by atoms with Gasteiger partial charge in [-0.2, -0.15) is 5.10 Å². The van der Waals surface area contributed by atoms with Gasteiger partial charge in [-0.15, -0.1) is 0 Å². The summed E-state index contributed by atoms with van der Waals surface area (Å²) in [7, 11) is 0. The average molecular weight is 436 g/mol. The SMILES string of the molecule is CCCCn1nc(C)c2c(C(=O)N3CCN(C(=O)c4ccco4)CC3)cc(C3CC3)nc21. The van der Waals surface area contributed by atoms with Gasteiger partial charge in [-0.05, 0) is 44.4 Å². The number of piperazine rings is 1. The summed E-state index contributed by atoms with van der Waals surface area (Å²) < 4.78 is 7.21. The third kappa shape index (κ3) is 3.78. The number of amides is 2. The van der Waals surface area contributed by atoms with Crippen LogP contribution >= 0.6 is 0 Å². The quantitative estimate of drug-likeness (QED) is 0.591. The molecule has 8 heteroatoms. The number of unbranched alkanes of at least 4 members (excludes halogenated alkanes) is 1. The van der Waals surface area contributed by atoms with Gasteiger partial charge in [-0.25, -0.2) is 9.67 Å². The Morgan fingerprint density at radius 2 is 1.84 bits per heavy atom. The lowest BCUT2D eigenvalue weighted by Gasteiger charge is -2.34. The van der Waals surface area contributed by atoms with Gasteiger partial charge in [0, 0.05) is 44.3 Å². The number of fused-ring (bicyclic) bond motifs is 1. The minimum Gasteiger partial charge on any atom is -0.459 e. The summed E-state index contributed by atoms with van der Waals surface area (Å²) in [5.41, 5.74) is 3.38. The van der Waals surface area contributed by atoms with Crippen molar-refractivity contribution in [3.63, 3.8) is 0 Å². The molecule has 2 aliphatic rings. The fraction of sp³-hybridized carbons (Fsp3) is 0.500. The fourth-order valence-electron chi connectivity index (χ4n) is 4.43. The van der Waals surface area contributed by atoms with Gasteiger partial charge in [0.05, 0.1) is 22.9 Å². The molecule has 0 bridgehead atoms. The molecule has 8 nitrogen and oxygen atoms in total. The van der Waals surface area contributed by atoms with Crippen molar-refractivity contribution in [1.82, 2.24) is 24.6 Å². The second kappa shape index (κ2) is 8.41. The smallest absolute Gasteiger partial charge is 0.289 e. The van der Waals surface area contributed by atoms with Crippen molar-refractivity contribution < 1.29 is 14.0 Å². The Morgan fingerprint density at radius 1 is 1.12 bits per heavy atom. The maximum absolute atomic E-state index is 13.6. The Labute approximate surface area is 187 Å². The maximum Gasteiger partial charge on any atom is 0.289 e. The molecule has 0 radical (unpaired) electrons. The van der Waals surface area contributed by atoms with E-state index in [1.54, 1.807) is 17.0 Å². The summed E-state index contributed by atoms with van der Waals surface area (Å²) in [6.45, 7) is 6.90. The highest BCUT2D eigenvalue weighted by molar-refractivity contribution is 6.06. The number of carbonyl (C=O) groups is 2. The molecule has 1 saturated heterocycles. The van der Waals surface area contributed by atoms with Crippen molar-refractivity contribution in [2.24, 2.45) is 0 Å². The predicted octanol–water partition coefficient (Wildman–Crippen LogP) is 3.61. The molecule has 0 spiro atoms. The lowest BCUT2D eigenvalue weighted by atomic mass is 10.1. The van der Waals surface area contributed by atoms with Crippen molar-refractivity contribution >= 4 is 22.8 Å². The summed E-state index contributed by atoms with van der Waals surface area (Å²) in [6, 6.07) is 5.37. The molecule has 1 aliphatic carbocycles. The van der Waals surface area contributed by atoms with Gasteiger partial charge in [-0.3, -0.25) is 9.59 Å². The maximum atomic E-state index is 13.6. The lowest BCUT2D eigenvalue weighted by molar-refractivity contribution is 0.0519. The molecule has 1 saturated carbocycles. The third-order valence-electron chi connectivity index (χ3n) is 6.43. The highest BCUT2D eigenvalue weighted by atomic mass is 16.3. The van der Waals surface area contributed by atoms with Crippen LogP contribution in [0.25, 0.3) is 11.0 Å². The van der Waals surface area contributed by atoms with Crippen LogP contribution in [0.15, 0.2) is 28.9 Å². The summed E-state index contributed by atoms with van der Waals surface area (Å²) in [5, 5.41) is 5.59. The van der Waals surface area contributed by atoms with E-state index in [9.17, 15) is 9.59 Å². The van der Waals surface area contributed by atoms with Gasteiger partial charge in [-0.1, -0.05) is 13.3 Å². The Balaban J connectivity index is 1.41. The highest BCUT2D eigenvalue weighted by Gasteiger charge is 2.32. The van der Waals surface area contributed by atoms with Gasteiger partial charge >= 0.3 is 0 Å². The van der Waals surface area contributed by atoms with E-state index in [-0.39, 0.29) is 11.8 Å². The molecule has 3 aromatic heterocycles. The van der Waals surface area contributed by atoms with Crippen LogP contribution in [0.1, 0.15) is 70.8 Å². The number of carbonyl (C=O) groups excluding carboxylic acids is 2. The molecule has 2 amide bonds. The Kier molecular flexibility index (Phi) is 5.45. The van der Waals surface area contributed by atoms with Gasteiger partial charge in [0.1, 0.15) is 0 Å². The zero-order chi connectivity index (χ0) is 22.2. The minimum atomic E-state index is -0.127. The van der Waals surface area contributed by atoms with E-state index in [0.717, 1.165) is 54.6 Å². The normalized spacial score (nSPS) is 16.7. The summed E-state index contributed by atoms with van der Waals surface area (Å²) in [6.07, 6.45) is 5.86. The van der Waals surface area contributed by atoms with E-state index in [2.05, 4.69) is 6.92 Å². The summed E-state index contributed by atoms with van der Waals surface area (Å²) in [5.74, 6) is 0.661. The molecular formula is C24H29N5O3. The molecular weight excluding hydrogens is 406 g/mol. The molecule has 32 heavy (non-hydrogen) atoms. The van der Waals surface area contributed by atoms with Crippen molar-refractivity contribution in [3.8, 4) is 0 Å². The van der Waals surface area contributed by atoms with E-state index in [0.29, 0.717) is 43.4 Å². The minimum absolute atomic E-state index is 0.00235. The number of nitrogens with zero attached hydrogens (tertiary/aromatic N) is 5. The van der Waals surface area contributed by atoms with Crippen LogP contribution in [0.2, 0.25) is 0 Å². The van der Waals surface area contributed by atoms with E-state index >= 15 is 0 Å². The molecule has 2 fully saturated rings. The van der Waals surface area contributed by atoms with Crippen molar-refractivity contribution in [2.45, 2.75) is 52.0 Å². The first kappa shape index (κ1) is 20.7. The second-order valence-corrected chi connectivity index (χ2v) is 8.79. The average Bonchev–Trinajstić information content (AvgIpc) is 3.43. The molecule has 1 aliphatic heterocycles. The molecule has 0 unspecified atom stereocenters. The van der Waals surface area contributed by atoms with Crippen LogP contribution in [0.5, 0.6) is 0 Å². The van der Waals surface area contributed by atoms with Crippen molar-refractivity contribution in [2.75, 3.05) is 26.2 Å². The zero-order valence-electron chi connectivity index (χ0n) is 18.7. The van der Waals surface area contributed by atoms with Crippen LogP contribution in [0, 0.1) is 6.92 Å². The van der Waals surface area contributed by atoms with E-state index in [4.69, 9.17) is 14.5 Å². The number of hydrogen-bond acceptors (Lipinski definition) is 5. The first-order chi connectivity index (χ1) is 15.6. The van der Waals surface area contributed by atoms with Gasteiger partial charge < -0.3 is 14.2 Å². The van der Waals surface area contributed by atoms with Gasteiger partial charge in [0.15, 0.2) is 11.4 Å². The Bertz CT molecular complexity index is 1140. The fourth-order valence-corrected chi connectivity index (χ4v) is 4.43. The number of aryl methyl sites for hydroxylation is 2. The number of rotatable bonds is 6.